The van der Waals surface area contributed by atoms with Gasteiger partial charge in [-0.3, -0.25) is 4.99 Å². The highest BCUT2D eigenvalue weighted by Gasteiger charge is 2.14. The van der Waals surface area contributed by atoms with Crippen LogP contribution in [0.15, 0.2) is 54.3 Å². The van der Waals surface area contributed by atoms with E-state index in [9.17, 15) is 0 Å². The van der Waals surface area contributed by atoms with E-state index in [4.69, 9.17) is 4.99 Å². The zero-order chi connectivity index (χ0) is 18.2. The van der Waals surface area contributed by atoms with E-state index in [2.05, 4.69) is 49.4 Å². The van der Waals surface area contributed by atoms with Crippen LogP contribution in [-0.4, -0.2) is 19.3 Å². The van der Waals surface area contributed by atoms with Crippen LogP contribution in [0, 0.1) is 6.92 Å². The number of nitrogens with one attached hydrogen (secondary N) is 2. The van der Waals surface area contributed by atoms with Crippen LogP contribution in [0.4, 0.5) is 5.69 Å². The van der Waals surface area contributed by atoms with Crippen molar-refractivity contribution in [2.75, 3.05) is 7.05 Å². The van der Waals surface area contributed by atoms with E-state index in [1.165, 1.54) is 22.3 Å². The maximum atomic E-state index is 4.75. The van der Waals surface area contributed by atoms with Crippen molar-refractivity contribution in [3.8, 4) is 0 Å². The highest BCUT2D eigenvalue weighted by atomic mass is 14.9. The molecule has 134 valence electrons. The smallest absolute Gasteiger partial charge is 0.0664 e. The van der Waals surface area contributed by atoms with Crippen LogP contribution < -0.4 is 10.6 Å². The number of aryl methyl sites for hydroxylation is 2. The first-order valence-electron chi connectivity index (χ1n) is 9.09. The van der Waals surface area contributed by atoms with Gasteiger partial charge in [0.2, 0.25) is 0 Å². The average Bonchev–Trinajstić information content (AvgIpc) is 2.57. The van der Waals surface area contributed by atoms with E-state index in [0.717, 1.165) is 49.9 Å². The maximum absolute atomic E-state index is 4.75. The average molecular weight is 338 g/mol. The van der Waals surface area contributed by atoms with Gasteiger partial charge in [0, 0.05) is 19.0 Å². The maximum Gasteiger partial charge on any atom is 0.0664 e. The largest absolute Gasteiger partial charge is 0.392 e. The number of hydrogen-bond donors (Lipinski definition) is 2. The number of aliphatic imine (C=N–C) groups is 1. The van der Waals surface area contributed by atoms with Crippen molar-refractivity contribution in [2.45, 2.75) is 51.5 Å². The van der Waals surface area contributed by atoms with E-state index in [-0.39, 0.29) is 6.04 Å². The first-order chi connectivity index (χ1) is 12.0. The number of nitrogens with zero attached hydrogens (tertiary/aromatic N) is 1. The van der Waals surface area contributed by atoms with Gasteiger partial charge in [-0.1, -0.05) is 31.4 Å². The lowest BCUT2D eigenvalue weighted by Crippen LogP contribution is -2.27. The summed E-state index contributed by atoms with van der Waals surface area (Å²) in [5.74, 6) is 0. The summed E-state index contributed by atoms with van der Waals surface area (Å²) in [5.41, 5.74) is 7.45. The number of hydrogen-bond acceptors (Lipinski definition) is 3. The molecule has 0 amide bonds. The molecule has 0 aliphatic carbocycles. The standard InChI is InChI=1S/C22H31N3/c1-6-24-21-12-16(2)11-20-13-17(3)19(14-22(20)25-15-21)10-8-7-9-18(4)23-5/h6,13-15,21,23-24H,1-2,4,7-12H2,3,5H3/b25-15-. The quantitative estimate of drug-likeness (QED) is 0.530. The molecule has 0 fully saturated rings. The lowest BCUT2D eigenvalue weighted by Gasteiger charge is -2.20. The van der Waals surface area contributed by atoms with Crippen molar-refractivity contribution >= 4 is 11.9 Å². The number of fused-ring (bicyclic) bond motifs is 1. The summed E-state index contributed by atoms with van der Waals surface area (Å²) in [7, 11) is 1.93. The second kappa shape index (κ2) is 9.26. The van der Waals surface area contributed by atoms with Gasteiger partial charge in [0.15, 0.2) is 0 Å². The summed E-state index contributed by atoms with van der Waals surface area (Å²) < 4.78 is 0. The topological polar surface area (TPSA) is 36.4 Å². The Kier molecular flexibility index (Phi) is 7.05. The van der Waals surface area contributed by atoms with Crippen molar-refractivity contribution in [2.24, 2.45) is 4.99 Å². The molecule has 1 aliphatic heterocycles. The van der Waals surface area contributed by atoms with E-state index in [1.807, 2.05) is 13.3 Å². The number of rotatable bonds is 8. The SMILES string of the molecule is C=CNC1/C=N\c2cc(CCCCC(=C)NC)c(C)cc2CC(=C)C1. The second-order valence-electron chi connectivity index (χ2n) is 6.85. The van der Waals surface area contributed by atoms with Gasteiger partial charge in [0.25, 0.3) is 0 Å². The Morgan fingerprint density at radius 2 is 2.16 bits per heavy atom. The molecule has 1 heterocycles. The molecule has 1 aliphatic rings. The van der Waals surface area contributed by atoms with Crippen molar-refractivity contribution < 1.29 is 0 Å². The summed E-state index contributed by atoms with van der Waals surface area (Å²) in [4.78, 5) is 4.75. The minimum absolute atomic E-state index is 0.176. The fourth-order valence-corrected chi connectivity index (χ4v) is 3.24. The van der Waals surface area contributed by atoms with Crippen LogP contribution in [0.5, 0.6) is 0 Å². The third-order valence-corrected chi connectivity index (χ3v) is 4.74. The first kappa shape index (κ1) is 19.0. The summed E-state index contributed by atoms with van der Waals surface area (Å²) in [6.07, 6.45) is 9.94. The van der Waals surface area contributed by atoms with Crippen molar-refractivity contribution in [3.63, 3.8) is 0 Å². The monoisotopic (exact) mass is 337 g/mol. The van der Waals surface area contributed by atoms with Gasteiger partial charge in [0.05, 0.1) is 11.7 Å². The van der Waals surface area contributed by atoms with Crippen molar-refractivity contribution in [1.82, 2.24) is 10.6 Å². The fourth-order valence-electron chi connectivity index (χ4n) is 3.24. The van der Waals surface area contributed by atoms with Gasteiger partial charge < -0.3 is 10.6 Å². The van der Waals surface area contributed by atoms with Crippen LogP contribution in [0.2, 0.25) is 0 Å². The number of benzene rings is 1. The Morgan fingerprint density at radius 1 is 1.36 bits per heavy atom. The lowest BCUT2D eigenvalue weighted by atomic mass is 9.93. The van der Waals surface area contributed by atoms with Gasteiger partial charge in [0.1, 0.15) is 0 Å². The Hall–Kier alpha value is -2.29. The molecule has 0 radical (unpaired) electrons. The molecule has 1 aromatic rings. The Balaban J connectivity index is 2.12. The molecule has 2 N–H and O–H groups in total. The summed E-state index contributed by atoms with van der Waals surface area (Å²) >= 11 is 0. The van der Waals surface area contributed by atoms with Gasteiger partial charge in [-0.2, -0.15) is 0 Å². The normalized spacial score (nSPS) is 17.8. The van der Waals surface area contributed by atoms with Crippen LogP contribution in [0.1, 0.15) is 42.4 Å². The molecule has 0 saturated heterocycles. The van der Waals surface area contributed by atoms with E-state index in [0.29, 0.717) is 0 Å². The molecular formula is C22H31N3. The Morgan fingerprint density at radius 3 is 2.88 bits per heavy atom. The predicted octanol–water partition coefficient (Wildman–Crippen LogP) is 4.75. The minimum atomic E-state index is 0.176. The molecule has 25 heavy (non-hydrogen) atoms. The van der Waals surface area contributed by atoms with Crippen molar-refractivity contribution in [3.05, 3.63) is 66.0 Å². The molecule has 1 unspecified atom stereocenters. The molecular weight excluding hydrogens is 306 g/mol. The zero-order valence-corrected chi connectivity index (χ0v) is 15.7. The Bertz CT molecular complexity index is 670. The van der Waals surface area contributed by atoms with E-state index >= 15 is 0 Å². The molecule has 1 atom stereocenters. The number of allylic oxidation sites excluding steroid dienone is 1. The summed E-state index contributed by atoms with van der Waals surface area (Å²) in [6, 6.07) is 4.73. The summed E-state index contributed by atoms with van der Waals surface area (Å²) in [5, 5.41) is 6.35. The lowest BCUT2D eigenvalue weighted by molar-refractivity contribution is 0.702. The predicted molar refractivity (Wildman–Crippen MR) is 110 cm³/mol. The van der Waals surface area contributed by atoms with Crippen LogP contribution in [0.3, 0.4) is 0 Å². The third-order valence-electron chi connectivity index (χ3n) is 4.74. The summed E-state index contributed by atoms with van der Waals surface area (Å²) in [6.45, 7) is 14.2. The van der Waals surface area contributed by atoms with Crippen LogP contribution >= 0.6 is 0 Å². The minimum Gasteiger partial charge on any atom is -0.392 e. The second-order valence-corrected chi connectivity index (χ2v) is 6.85. The third kappa shape index (κ3) is 5.63. The van der Waals surface area contributed by atoms with Gasteiger partial charge in [-0.15, -0.1) is 0 Å². The first-order valence-corrected chi connectivity index (χ1v) is 9.09. The fraction of sp³-hybridized carbons (Fsp3) is 0.409. The van der Waals surface area contributed by atoms with Crippen LogP contribution in [-0.2, 0) is 12.8 Å². The van der Waals surface area contributed by atoms with Gasteiger partial charge in [-0.05, 0) is 74.4 Å². The molecule has 3 heteroatoms. The molecule has 3 nitrogen and oxygen atoms in total. The molecule has 1 aromatic carbocycles. The Labute approximate surface area is 152 Å². The highest BCUT2D eigenvalue weighted by molar-refractivity contribution is 5.72. The van der Waals surface area contributed by atoms with Crippen molar-refractivity contribution in [1.29, 1.82) is 0 Å². The molecule has 0 spiro atoms. The van der Waals surface area contributed by atoms with Gasteiger partial charge >= 0.3 is 0 Å². The molecule has 0 bridgehead atoms. The molecule has 2 rings (SSSR count). The van der Waals surface area contributed by atoms with E-state index in [1.54, 1.807) is 6.20 Å². The highest BCUT2D eigenvalue weighted by Crippen LogP contribution is 2.29. The number of unbranched alkanes of at least 4 members (excludes halogenated alkanes) is 1. The molecule has 0 saturated carbocycles. The molecule has 0 aromatic heterocycles. The van der Waals surface area contributed by atoms with E-state index < -0.39 is 0 Å². The van der Waals surface area contributed by atoms with Crippen LogP contribution in [0.25, 0.3) is 0 Å². The zero-order valence-electron chi connectivity index (χ0n) is 15.7. The van der Waals surface area contributed by atoms with Gasteiger partial charge in [-0.25, -0.2) is 0 Å².